The Balaban J connectivity index is 2.19. The molecule has 1 aromatic heterocycles. The minimum Gasteiger partial charge on any atom is -0.354 e. The Labute approximate surface area is 139 Å². The van der Waals surface area contributed by atoms with Crippen LogP contribution in [0.4, 0.5) is 17.5 Å². The number of aromatic nitrogens is 2. The van der Waals surface area contributed by atoms with Gasteiger partial charge in [0.15, 0.2) is 0 Å². The molecule has 0 saturated heterocycles. The van der Waals surface area contributed by atoms with E-state index in [1.807, 2.05) is 13.0 Å². The van der Waals surface area contributed by atoms with E-state index in [4.69, 9.17) is 0 Å². The van der Waals surface area contributed by atoms with Crippen LogP contribution in [-0.4, -0.2) is 16.5 Å². The number of nitrogens with zero attached hydrogens (tertiary/aromatic N) is 2. The maximum Gasteiger partial charge on any atom is 0.224 e. The van der Waals surface area contributed by atoms with Crippen LogP contribution in [0.25, 0.3) is 0 Å². The number of para-hydroxylation sites is 1. The van der Waals surface area contributed by atoms with Gasteiger partial charge in [-0.25, -0.2) is 4.98 Å². The normalized spacial score (nSPS) is 10.9. The lowest BCUT2D eigenvalue weighted by atomic mass is 10.1. The minimum atomic E-state index is 0.670. The Hall–Kier alpha value is -2.10. The molecule has 0 spiro atoms. The number of anilines is 3. The summed E-state index contributed by atoms with van der Waals surface area (Å²) in [6.45, 7) is 11.6. The standard InChI is InChI=1S/C19H28N4/c1-6-16-9-7-8-14(4)18(16)22-17-12-15(5)21-19(23-17)20-11-10-13(2)3/h7-9,12-13H,6,10-11H2,1-5H3,(H2,20,21,22,23). The lowest BCUT2D eigenvalue weighted by molar-refractivity contribution is 0.606. The van der Waals surface area contributed by atoms with E-state index in [9.17, 15) is 0 Å². The molecule has 0 atom stereocenters. The molecule has 0 bridgehead atoms. The van der Waals surface area contributed by atoms with E-state index in [2.05, 4.69) is 66.5 Å². The Bertz CT molecular complexity index is 650. The topological polar surface area (TPSA) is 49.8 Å². The lowest BCUT2D eigenvalue weighted by Gasteiger charge is -2.15. The van der Waals surface area contributed by atoms with Crippen molar-refractivity contribution in [3.8, 4) is 0 Å². The highest BCUT2D eigenvalue weighted by molar-refractivity contribution is 5.65. The van der Waals surface area contributed by atoms with Gasteiger partial charge in [0.05, 0.1) is 0 Å². The highest BCUT2D eigenvalue weighted by Crippen LogP contribution is 2.25. The van der Waals surface area contributed by atoms with Crippen LogP contribution in [0.15, 0.2) is 24.3 Å². The molecule has 0 aliphatic carbocycles. The van der Waals surface area contributed by atoms with Gasteiger partial charge in [-0.2, -0.15) is 4.98 Å². The average molecular weight is 312 g/mol. The van der Waals surface area contributed by atoms with Crippen molar-refractivity contribution in [1.29, 1.82) is 0 Å². The summed E-state index contributed by atoms with van der Waals surface area (Å²) in [5.74, 6) is 2.21. The van der Waals surface area contributed by atoms with Crippen LogP contribution in [0, 0.1) is 19.8 Å². The van der Waals surface area contributed by atoms with Crippen molar-refractivity contribution < 1.29 is 0 Å². The highest BCUT2D eigenvalue weighted by atomic mass is 15.1. The third kappa shape index (κ3) is 4.95. The summed E-state index contributed by atoms with van der Waals surface area (Å²) in [7, 11) is 0. The molecule has 1 heterocycles. The molecule has 0 fully saturated rings. The monoisotopic (exact) mass is 312 g/mol. The molecule has 0 aliphatic rings. The minimum absolute atomic E-state index is 0.670. The molecule has 4 heteroatoms. The number of hydrogen-bond donors (Lipinski definition) is 2. The molecule has 2 rings (SSSR count). The summed E-state index contributed by atoms with van der Waals surface area (Å²) in [6, 6.07) is 8.37. The largest absolute Gasteiger partial charge is 0.354 e. The molecule has 124 valence electrons. The fourth-order valence-corrected chi connectivity index (χ4v) is 2.51. The van der Waals surface area contributed by atoms with Gasteiger partial charge in [0.2, 0.25) is 5.95 Å². The Morgan fingerprint density at radius 2 is 1.91 bits per heavy atom. The number of benzene rings is 1. The van der Waals surface area contributed by atoms with Gasteiger partial charge < -0.3 is 10.6 Å². The molecule has 23 heavy (non-hydrogen) atoms. The van der Waals surface area contributed by atoms with Crippen LogP contribution in [-0.2, 0) is 6.42 Å². The first kappa shape index (κ1) is 17.3. The predicted molar refractivity (Wildman–Crippen MR) is 98.6 cm³/mol. The molecule has 0 radical (unpaired) electrons. The zero-order valence-electron chi connectivity index (χ0n) is 14.9. The van der Waals surface area contributed by atoms with Crippen molar-refractivity contribution in [1.82, 2.24) is 9.97 Å². The van der Waals surface area contributed by atoms with Crippen molar-refractivity contribution in [2.75, 3.05) is 17.2 Å². The van der Waals surface area contributed by atoms with Gasteiger partial charge >= 0.3 is 0 Å². The second kappa shape index (κ2) is 7.95. The first-order valence-corrected chi connectivity index (χ1v) is 8.44. The summed E-state index contributed by atoms with van der Waals surface area (Å²) in [4.78, 5) is 9.08. The zero-order chi connectivity index (χ0) is 16.8. The number of rotatable bonds is 7. The summed E-state index contributed by atoms with van der Waals surface area (Å²) in [6.07, 6.45) is 2.10. The van der Waals surface area contributed by atoms with Crippen molar-refractivity contribution >= 4 is 17.5 Å². The predicted octanol–water partition coefficient (Wildman–Crippen LogP) is 4.86. The van der Waals surface area contributed by atoms with Gasteiger partial charge in [0.1, 0.15) is 5.82 Å². The maximum atomic E-state index is 4.61. The molecule has 0 saturated carbocycles. The molecule has 2 aromatic rings. The van der Waals surface area contributed by atoms with Gasteiger partial charge in [0, 0.05) is 24.0 Å². The third-order valence-electron chi connectivity index (χ3n) is 3.85. The molecule has 0 aliphatic heterocycles. The van der Waals surface area contributed by atoms with Gasteiger partial charge in [-0.1, -0.05) is 39.0 Å². The van der Waals surface area contributed by atoms with E-state index in [0.29, 0.717) is 11.9 Å². The van der Waals surface area contributed by atoms with Gasteiger partial charge in [-0.3, -0.25) is 0 Å². The van der Waals surface area contributed by atoms with E-state index in [0.717, 1.165) is 36.6 Å². The van der Waals surface area contributed by atoms with Gasteiger partial charge in [-0.05, 0) is 43.7 Å². The summed E-state index contributed by atoms with van der Waals surface area (Å²) < 4.78 is 0. The lowest BCUT2D eigenvalue weighted by Crippen LogP contribution is -2.10. The van der Waals surface area contributed by atoms with Crippen molar-refractivity contribution in [2.24, 2.45) is 5.92 Å². The van der Waals surface area contributed by atoms with Crippen LogP contribution < -0.4 is 10.6 Å². The molecular weight excluding hydrogens is 284 g/mol. The van der Waals surface area contributed by atoms with Crippen molar-refractivity contribution in [3.63, 3.8) is 0 Å². The van der Waals surface area contributed by atoms with Crippen LogP contribution in [0.3, 0.4) is 0 Å². The Morgan fingerprint density at radius 3 is 2.61 bits per heavy atom. The molecule has 4 nitrogen and oxygen atoms in total. The summed E-state index contributed by atoms with van der Waals surface area (Å²) in [5, 5.41) is 6.81. The third-order valence-corrected chi connectivity index (χ3v) is 3.85. The van der Waals surface area contributed by atoms with Crippen LogP contribution in [0.1, 0.15) is 44.0 Å². The smallest absolute Gasteiger partial charge is 0.224 e. The average Bonchev–Trinajstić information content (AvgIpc) is 2.48. The molecular formula is C19H28N4. The molecule has 0 unspecified atom stereocenters. The fourth-order valence-electron chi connectivity index (χ4n) is 2.51. The van der Waals surface area contributed by atoms with Crippen molar-refractivity contribution in [2.45, 2.75) is 47.5 Å². The van der Waals surface area contributed by atoms with E-state index in [1.165, 1.54) is 11.1 Å². The van der Waals surface area contributed by atoms with Crippen LogP contribution in [0.5, 0.6) is 0 Å². The second-order valence-electron chi connectivity index (χ2n) is 6.42. The first-order chi connectivity index (χ1) is 11.0. The van der Waals surface area contributed by atoms with Crippen molar-refractivity contribution in [3.05, 3.63) is 41.1 Å². The summed E-state index contributed by atoms with van der Waals surface area (Å²) in [5.41, 5.74) is 4.65. The number of nitrogens with one attached hydrogen (secondary N) is 2. The van der Waals surface area contributed by atoms with E-state index >= 15 is 0 Å². The molecule has 0 amide bonds. The second-order valence-corrected chi connectivity index (χ2v) is 6.42. The van der Waals surface area contributed by atoms with Crippen LogP contribution in [0.2, 0.25) is 0 Å². The quantitative estimate of drug-likeness (QED) is 0.766. The van der Waals surface area contributed by atoms with Gasteiger partial charge in [0.25, 0.3) is 0 Å². The Kier molecular flexibility index (Phi) is 5.97. The number of aryl methyl sites for hydroxylation is 3. The van der Waals surface area contributed by atoms with Gasteiger partial charge in [-0.15, -0.1) is 0 Å². The Morgan fingerprint density at radius 1 is 1.13 bits per heavy atom. The number of hydrogen-bond acceptors (Lipinski definition) is 4. The zero-order valence-corrected chi connectivity index (χ0v) is 14.9. The van der Waals surface area contributed by atoms with Crippen LogP contribution >= 0.6 is 0 Å². The maximum absolute atomic E-state index is 4.61. The summed E-state index contributed by atoms with van der Waals surface area (Å²) >= 11 is 0. The molecule has 1 aromatic carbocycles. The first-order valence-electron chi connectivity index (χ1n) is 8.44. The highest BCUT2D eigenvalue weighted by Gasteiger charge is 2.07. The SMILES string of the molecule is CCc1cccc(C)c1Nc1cc(C)nc(NCCC(C)C)n1. The molecule has 2 N–H and O–H groups in total. The fraction of sp³-hybridized carbons (Fsp3) is 0.474. The van der Waals surface area contributed by atoms with E-state index < -0.39 is 0 Å². The van der Waals surface area contributed by atoms with E-state index in [1.54, 1.807) is 0 Å². The van der Waals surface area contributed by atoms with E-state index in [-0.39, 0.29) is 0 Å².